The summed E-state index contributed by atoms with van der Waals surface area (Å²) in [5, 5.41) is 7.39. The summed E-state index contributed by atoms with van der Waals surface area (Å²) < 4.78 is 0. The highest BCUT2D eigenvalue weighted by Gasteiger charge is 2.16. The van der Waals surface area contributed by atoms with Gasteiger partial charge in [-0.3, -0.25) is 4.99 Å². The van der Waals surface area contributed by atoms with Crippen LogP contribution in [0, 0.1) is 11.8 Å². The van der Waals surface area contributed by atoms with Crippen LogP contribution in [0.4, 0.5) is 0 Å². The van der Waals surface area contributed by atoms with E-state index in [1.165, 1.54) is 57.8 Å². The van der Waals surface area contributed by atoms with Crippen LogP contribution in [0.2, 0.25) is 0 Å². The second-order valence-corrected chi connectivity index (χ2v) is 5.52. The van der Waals surface area contributed by atoms with Gasteiger partial charge in [-0.15, -0.1) is 5.11 Å². The first-order chi connectivity index (χ1) is 8.77. The van der Waals surface area contributed by atoms with Gasteiger partial charge in [0.15, 0.2) is 5.84 Å². The Morgan fingerprint density at radius 1 is 0.944 bits per heavy atom. The van der Waals surface area contributed by atoms with Gasteiger partial charge in [0.05, 0.1) is 0 Å². The summed E-state index contributed by atoms with van der Waals surface area (Å²) in [6, 6.07) is 0. The smallest absolute Gasteiger partial charge is 0.150 e. The number of rotatable bonds is 1. The predicted molar refractivity (Wildman–Crippen MR) is 76.6 cm³/mol. The third kappa shape index (κ3) is 5.61. The molecule has 1 fully saturated rings. The first kappa shape index (κ1) is 15.1. The average Bonchev–Trinajstić information content (AvgIpc) is 2.42. The topological polar surface area (TPSA) is 63.1 Å². The lowest BCUT2D eigenvalue weighted by Gasteiger charge is -2.14. The normalized spacial score (nSPS) is 29.1. The lowest BCUT2D eigenvalue weighted by molar-refractivity contribution is 0.446. The lowest BCUT2D eigenvalue weighted by atomic mass is 9.94. The molecule has 0 bridgehead atoms. The first-order valence-electron chi connectivity index (χ1n) is 7.35. The van der Waals surface area contributed by atoms with Crippen LogP contribution in [-0.4, -0.2) is 12.9 Å². The van der Waals surface area contributed by atoms with Gasteiger partial charge in [-0.05, 0) is 18.8 Å². The van der Waals surface area contributed by atoms with Crippen molar-refractivity contribution in [1.29, 1.82) is 0 Å². The largest absolute Gasteiger partial charge is 0.305 e. The number of nitrogens with zero attached hydrogens (tertiary/aromatic N) is 3. The number of hydrogen-bond donors (Lipinski definition) is 1. The monoisotopic (exact) mass is 252 g/mol. The van der Waals surface area contributed by atoms with Gasteiger partial charge in [0.25, 0.3) is 0 Å². The van der Waals surface area contributed by atoms with Crippen molar-refractivity contribution in [3.05, 3.63) is 0 Å². The van der Waals surface area contributed by atoms with E-state index in [2.05, 4.69) is 22.3 Å². The molecule has 104 valence electrons. The molecule has 1 aliphatic rings. The van der Waals surface area contributed by atoms with Crippen LogP contribution in [0.25, 0.3) is 0 Å². The van der Waals surface area contributed by atoms with Crippen LogP contribution in [0.15, 0.2) is 15.3 Å². The van der Waals surface area contributed by atoms with Crippen molar-refractivity contribution in [3.63, 3.8) is 0 Å². The van der Waals surface area contributed by atoms with E-state index in [1.54, 1.807) is 7.05 Å². The maximum Gasteiger partial charge on any atom is 0.150 e. The minimum Gasteiger partial charge on any atom is -0.305 e. The molecule has 1 saturated carbocycles. The highest BCUT2D eigenvalue weighted by atomic mass is 15.3. The molecule has 0 heterocycles. The number of nitrogens with two attached hydrogens (primary N) is 1. The molecule has 0 aromatic rings. The Morgan fingerprint density at radius 3 is 2.11 bits per heavy atom. The maximum atomic E-state index is 5.16. The van der Waals surface area contributed by atoms with E-state index in [0.29, 0.717) is 5.92 Å². The van der Waals surface area contributed by atoms with E-state index in [-0.39, 0.29) is 0 Å². The minimum absolute atomic E-state index is 0.454. The Labute approximate surface area is 111 Å². The molecular formula is C14H28N4. The van der Waals surface area contributed by atoms with Gasteiger partial charge < -0.3 is 5.84 Å². The van der Waals surface area contributed by atoms with Crippen LogP contribution in [-0.2, 0) is 0 Å². The number of aliphatic imine (C=N–C) groups is 1. The molecule has 2 unspecified atom stereocenters. The van der Waals surface area contributed by atoms with E-state index < -0.39 is 0 Å². The molecule has 0 radical (unpaired) electrons. The van der Waals surface area contributed by atoms with Crippen LogP contribution >= 0.6 is 0 Å². The zero-order valence-electron chi connectivity index (χ0n) is 11.9. The quantitative estimate of drug-likeness (QED) is 0.246. The van der Waals surface area contributed by atoms with E-state index in [1.807, 2.05) is 0 Å². The fraction of sp³-hybridized carbons (Fsp3) is 0.929. The Hall–Kier alpha value is -0.930. The summed E-state index contributed by atoms with van der Waals surface area (Å²) in [4.78, 5) is 4.24. The summed E-state index contributed by atoms with van der Waals surface area (Å²) in [5.41, 5.74) is 0. The molecule has 0 spiro atoms. The van der Waals surface area contributed by atoms with Gasteiger partial charge in [0.1, 0.15) is 0 Å². The van der Waals surface area contributed by atoms with Gasteiger partial charge in [0, 0.05) is 13.0 Å². The van der Waals surface area contributed by atoms with Gasteiger partial charge in [-0.1, -0.05) is 57.1 Å². The molecule has 4 nitrogen and oxygen atoms in total. The SMILES string of the molecule is CN=C(N=NN)C1CCCCCC(C)CCCC1. The van der Waals surface area contributed by atoms with E-state index >= 15 is 0 Å². The fourth-order valence-electron chi connectivity index (χ4n) is 2.86. The Bertz CT molecular complexity index is 273. The maximum absolute atomic E-state index is 5.16. The fourth-order valence-corrected chi connectivity index (χ4v) is 2.86. The van der Waals surface area contributed by atoms with Crippen molar-refractivity contribution in [2.24, 2.45) is 33.0 Å². The molecule has 1 aliphatic carbocycles. The van der Waals surface area contributed by atoms with Gasteiger partial charge >= 0.3 is 0 Å². The van der Waals surface area contributed by atoms with Crippen LogP contribution in [0.5, 0.6) is 0 Å². The molecule has 18 heavy (non-hydrogen) atoms. The molecular weight excluding hydrogens is 224 g/mol. The van der Waals surface area contributed by atoms with Gasteiger partial charge in [-0.25, -0.2) is 0 Å². The summed E-state index contributed by atoms with van der Waals surface area (Å²) in [6.45, 7) is 2.39. The molecule has 0 aromatic heterocycles. The third-order valence-corrected chi connectivity index (χ3v) is 4.00. The molecule has 0 aliphatic heterocycles. The van der Waals surface area contributed by atoms with Gasteiger partial charge in [-0.2, -0.15) is 0 Å². The first-order valence-corrected chi connectivity index (χ1v) is 7.35. The Morgan fingerprint density at radius 2 is 1.50 bits per heavy atom. The Kier molecular flexibility index (Phi) is 7.62. The van der Waals surface area contributed by atoms with Crippen LogP contribution < -0.4 is 5.84 Å². The summed E-state index contributed by atoms with van der Waals surface area (Å²) in [6.07, 6.45) is 11.7. The molecule has 0 amide bonds. The number of amidine groups is 1. The van der Waals surface area contributed by atoms with Crippen molar-refractivity contribution < 1.29 is 0 Å². The molecule has 0 aromatic carbocycles. The van der Waals surface area contributed by atoms with Crippen molar-refractivity contribution in [2.45, 2.75) is 64.7 Å². The third-order valence-electron chi connectivity index (χ3n) is 4.00. The number of hydrogen-bond acceptors (Lipinski definition) is 2. The average molecular weight is 252 g/mol. The van der Waals surface area contributed by atoms with E-state index in [0.717, 1.165) is 11.8 Å². The predicted octanol–water partition coefficient (Wildman–Crippen LogP) is 4.12. The summed E-state index contributed by atoms with van der Waals surface area (Å²) >= 11 is 0. The molecule has 0 saturated heterocycles. The lowest BCUT2D eigenvalue weighted by Crippen LogP contribution is -2.13. The minimum atomic E-state index is 0.454. The summed E-state index contributed by atoms with van der Waals surface area (Å²) in [5.74, 6) is 7.34. The second kappa shape index (κ2) is 9.06. The zero-order chi connectivity index (χ0) is 13.2. The van der Waals surface area contributed by atoms with Gasteiger partial charge in [0.2, 0.25) is 0 Å². The van der Waals surface area contributed by atoms with Crippen molar-refractivity contribution in [3.8, 4) is 0 Å². The Balaban J connectivity index is 2.55. The molecule has 2 atom stereocenters. The van der Waals surface area contributed by atoms with Crippen molar-refractivity contribution in [2.75, 3.05) is 7.05 Å². The molecule has 4 heteroatoms. The van der Waals surface area contributed by atoms with Crippen molar-refractivity contribution in [1.82, 2.24) is 0 Å². The highest BCUT2D eigenvalue weighted by Crippen LogP contribution is 2.25. The van der Waals surface area contributed by atoms with E-state index in [4.69, 9.17) is 5.84 Å². The van der Waals surface area contributed by atoms with Crippen molar-refractivity contribution >= 4 is 5.84 Å². The summed E-state index contributed by atoms with van der Waals surface area (Å²) in [7, 11) is 1.79. The second-order valence-electron chi connectivity index (χ2n) is 5.52. The highest BCUT2D eigenvalue weighted by molar-refractivity contribution is 5.84. The van der Waals surface area contributed by atoms with Crippen LogP contribution in [0.1, 0.15) is 64.7 Å². The molecule has 2 N–H and O–H groups in total. The van der Waals surface area contributed by atoms with Crippen LogP contribution in [0.3, 0.4) is 0 Å². The standard InChI is InChI=1S/C14H28N4/c1-12-8-4-3-5-10-13(11-7-6-9-12)14(16-2)17-18-15/h12-13H,3-11H2,1-2H3,(H2,15,16,17). The molecule has 1 rings (SSSR count). The zero-order valence-corrected chi connectivity index (χ0v) is 11.9. The van der Waals surface area contributed by atoms with E-state index in [9.17, 15) is 0 Å².